The molecular weight excluding hydrogens is 408 g/mol. The molecule has 1 aliphatic heterocycles. The lowest BCUT2D eigenvalue weighted by Gasteiger charge is -2.33. The maximum Gasteiger partial charge on any atom is 0.187 e. The number of nitrogens with zero attached hydrogens (tertiary/aromatic N) is 2. The molecule has 0 radical (unpaired) electrons. The summed E-state index contributed by atoms with van der Waals surface area (Å²) in [5, 5.41) is 0.884. The Kier molecular flexibility index (Phi) is 6.08. The number of ketones is 1. The minimum Gasteiger partial charge on any atom is -0.379 e. The zero-order valence-corrected chi connectivity index (χ0v) is 17.0. The van der Waals surface area contributed by atoms with Crippen LogP contribution in [0.15, 0.2) is 35.3 Å². The first kappa shape index (κ1) is 20.1. The molecule has 1 aromatic heterocycles. The predicted molar refractivity (Wildman–Crippen MR) is 109 cm³/mol. The van der Waals surface area contributed by atoms with Gasteiger partial charge in [-0.05, 0) is 42.7 Å². The zero-order chi connectivity index (χ0) is 19.6. The molecule has 0 spiro atoms. The van der Waals surface area contributed by atoms with Crippen molar-refractivity contribution in [3.05, 3.63) is 63.1 Å². The van der Waals surface area contributed by atoms with E-state index < -0.39 is 5.54 Å². The number of amidine groups is 1. The van der Waals surface area contributed by atoms with E-state index in [2.05, 4.69) is 9.98 Å². The summed E-state index contributed by atoms with van der Waals surface area (Å²) in [6, 6.07) is 7.70. The van der Waals surface area contributed by atoms with E-state index in [0.717, 1.165) is 5.75 Å². The number of benzene rings is 1. The van der Waals surface area contributed by atoms with Gasteiger partial charge in [0.2, 0.25) is 0 Å². The average molecular weight is 426 g/mol. The van der Waals surface area contributed by atoms with Crippen LogP contribution in [0.25, 0.3) is 0 Å². The number of pyridine rings is 1. The number of thioether (sulfide) groups is 1. The Morgan fingerprint density at radius 3 is 2.81 bits per heavy atom. The molecule has 0 saturated heterocycles. The highest BCUT2D eigenvalue weighted by molar-refractivity contribution is 8.13. The van der Waals surface area contributed by atoms with Crippen molar-refractivity contribution in [2.75, 3.05) is 5.75 Å². The van der Waals surface area contributed by atoms with Crippen LogP contribution >= 0.6 is 35.0 Å². The second-order valence-electron chi connectivity index (χ2n) is 6.31. The van der Waals surface area contributed by atoms with Gasteiger partial charge in [-0.3, -0.25) is 9.79 Å². The van der Waals surface area contributed by atoms with Crippen LogP contribution in [0, 0.1) is 5.82 Å². The lowest BCUT2D eigenvalue weighted by molar-refractivity contribution is 0.0988. The maximum absolute atomic E-state index is 14.6. The fraction of sp³-hybridized carbons (Fsp3) is 0.316. The Morgan fingerprint density at radius 1 is 1.33 bits per heavy atom. The number of rotatable bonds is 5. The van der Waals surface area contributed by atoms with Crippen LogP contribution in [0.4, 0.5) is 4.39 Å². The van der Waals surface area contributed by atoms with E-state index in [9.17, 15) is 9.18 Å². The van der Waals surface area contributed by atoms with Gasteiger partial charge in [0.05, 0.1) is 10.6 Å². The highest BCUT2D eigenvalue weighted by Gasteiger charge is 2.35. The van der Waals surface area contributed by atoms with Crippen molar-refractivity contribution in [3.8, 4) is 0 Å². The molecule has 1 atom stereocenters. The molecule has 142 valence electrons. The van der Waals surface area contributed by atoms with Gasteiger partial charge in [-0.2, -0.15) is 0 Å². The van der Waals surface area contributed by atoms with Gasteiger partial charge in [0.25, 0.3) is 0 Å². The quantitative estimate of drug-likeness (QED) is 0.539. The summed E-state index contributed by atoms with van der Waals surface area (Å²) in [6.07, 6.45) is 1.34. The Hall–Kier alpha value is -1.63. The van der Waals surface area contributed by atoms with E-state index in [1.165, 1.54) is 30.0 Å². The molecule has 0 amide bonds. The Morgan fingerprint density at radius 2 is 2.11 bits per heavy atom. The summed E-state index contributed by atoms with van der Waals surface area (Å²) in [7, 11) is 0. The Labute approximate surface area is 171 Å². The van der Waals surface area contributed by atoms with Crippen LogP contribution in [-0.2, 0) is 12.0 Å². The number of carbonyl (C=O) groups is 1. The first-order chi connectivity index (χ1) is 12.8. The van der Waals surface area contributed by atoms with E-state index in [1.54, 1.807) is 12.1 Å². The van der Waals surface area contributed by atoms with E-state index in [0.29, 0.717) is 29.1 Å². The van der Waals surface area contributed by atoms with Crippen molar-refractivity contribution >= 4 is 45.9 Å². The van der Waals surface area contributed by atoms with Gasteiger partial charge < -0.3 is 5.73 Å². The summed E-state index contributed by atoms with van der Waals surface area (Å²) < 4.78 is 14.6. The van der Waals surface area contributed by atoms with Gasteiger partial charge >= 0.3 is 0 Å². The highest BCUT2D eigenvalue weighted by Crippen LogP contribution is 2.40. The molecule has 0 bridgehead atoms. The fourth-order valence-corrected chi connectivity index (χ4v) is 4.43. The van der Waals surface area contributed by atoms with Crippen molar-refractivity contribution < 1.29 is 9.18 Å². The van der Waals surface area contributed by atoms with E-state index in [4.69, 9.17) is 28.9 Å². The van der Waals surface area contributed by atoms with Crippen LogP contribution in [0.3, 0.4) is 0 Å². The summed E-state index contributed by atoms with van der Waals surface area (Å²) in [4.78, 5) is 21.2. The number of aromatic nitrogens is 1. The van der Waals surface area contributed by atoms with Crippen molar-refractivity contribution in [3.63, 3.8) is 0 Å². The molecule has 0 saturated carbocycles. The molecule has 8 heteroatoms. The monoisotopic (exact) mass is 425 g/mol. The summed E-state index contributed by atoms with van der Waals surface area (Å²) in [5.41, 5.74) is 6.43. The van der Waals surface area contributed by atoms with Crippen LogP contribution in [0.2, 0.25) is 10.2 Å². The van der Waals surface area contributed by atoms with Crippen molar-refractivity contribution in [1.29, 1.82) is 0 Å². The number of carbonyl (C=O) groups excluding carboxylic acids is 1. The normalized spacial score (nSPS) is 19.6. The molecule has 2 aromatic rings. The van der Waals surface area contributed by atoms with Crippen LogP contribution < -0.4 is 5.73 Å². The topological polar surface area (TPSA) is 68.3 Å². The molecule has 2 heterocycles. The number of nitrogens with two attached hydrogens (primary N) is 1. The van der Waals surface area contributed by atoms with E-state index >= 15 is 0 Å². The van der Waals surface area contributed by atoms with Crippen LogP contribution in [0.5, 0.6) is 0 Å². The largest absolute Gasteiger partial charge is 0.379 e. The summed E-state index contributed by atoms with van der Waals surface area (Å²) in [5.74, 6) is 0.136. The third kappa shape index (κ3) is 4.28. The lowest BCUT2D eigenvalue weighted by Crippen LogP contribution is -2.32. The molecule has 0 aliphatic carbocycles. The lowest BCUT2D eigenvalue weighted by atomic mass is 9.83. The molecule has 0 fully saturated rings. The SMILES string of the molecule is CC[C@@]1(c2cc(CC(=O)c3nc(Cl)ccc3Cl)ccc2F)CCSC(N)=N1. The van der Waals surface area contributed by atoms with Crippen molar-refractivity contribution in [2.24, 2.45) is 10.7 Å². The average Bonchev–Trinajstić information content (AvgIpc) is 2.65. The number of halogens is 3. The summed E-state index contributed by atoms with van der Waals surface area (Å²) >= 11 is 13.4. The Balaban J connectivity index is 1.95. The van der Waals surface area contributed by atoms with E-state index in [-0.39, 0.29) is 33.9 Å². The third-order valence-corrected chi connectivity index (χ3v) is 5.96. The number of hydrogen-bond donors (Lipinski definition) is 1. The molecular formula is C19H18Cl2FN3OS. The van der Waals surface area contributed by atoms with Crippen molar-refractivity contribution in [2.45, 2.75) is 31.7 Å². The van der Waals surface area contributed by atoms with Gasteiger partial charge in [-0.1, -0.05) is 48.0 Å². The maximum atomic E-state index is 14.6. The minimum atomic E-state index is -0.704. The molecule has 1 aliphatic rings. The molecule has 1 aromatic carbocycles. The number of hydrogen-bond acceptors (Lipinski definition) is 5. The summed E-state index contributed by atoms with van der Waals surface area (Å²) in [6.45, 7) is 1.96. The third-order valence-electron chi connectivity index (χ3n) is 4.65. The van der Waals surface area contributed by atoms with Gasteiger partial charge in [0.1, 0.15) is 16.7 Å². The number of Topliss-reactive ketones (excluding diaryl/α,β-unsaturated/α-hetero) is 1. The second-order valence-corrected chi connectivity index (χ2v) is 8.22. The van der Waals surface area contributed by atoms with Crippen LogP contribution in [0.1, 0.15) is 41.4 Å². The van der Waals surface area contributed by atoms with E-state index in [1.807, 2.05) is 6.92 Å². The molecule has 4 nitrogen and oxygen atoms in total. The van der Waals surface area contributed by atoms with Gasteiger partial charge in [0, 0.05) is 17.7 Å². The van der Waals surface area contributed by atoms with Gasteiger partial charge in [-0.25, -0.2) is 9.37 Å². The number of aliphatic imine (C=N–C) groups is 1. The fourth-order valence-electron chi connectivity index (χ4n) is 3.19. The highest BCUT2D eigenvalue weighted by atomic mass is 35.5. The van der Waals surface area contributed by atoms with Gasteiger partial charge in [0.15, 0.2) is 11.0 Å². The minimum absolute atomic E-state index is 0.0358. The second kappa shape index (κ2) is 8.17. The first-order valence-corrected chi connectivity index (χ1v) is 10.2. The molecule has 0 unspecified atom stereocenters. The first-order valence-electron chi connectivity index (χ1n) is 8.47. The standard InChI is InChI=1S/C19H18Cl2FN3OS/c1-2-19(7-8-27-18(23)25-19)12-9-11(3-5-14(12)22)10-15(26)17-13(20)4-6-16(21)24-17/h3-6,9H,2,7-8,10H2,1H3,(H2,23,25)/t19-/m0/s1. The smallest absolute Gasteiger partial charge is 0.187 e. The molecule has 3 rings (SSSR count). The van der Waals surface area contributed by atoms with Crippen molar-refractivity contribution in [1.82, 2.24) is 4.98 Å². The Bertz CT molecular complexity index is 922. The van der Waals surface area contributed by atoms with Crippen LogP contribution in [-0.4, -0.2) is 21.7 Å². The molecule has 2 N–H and O–H groups in total. The predicted octanol–water partition coefficient (Wildman–Crippen LogP) is 5.01. The molecule has 27 heavy (non-hydrogen) atoms. The van der Waals surface area contributed by atoms with Gasteiger partial charge in [-0.15, -0.1) is 0 Å². The zero-order valence-electron chi connectivity index (χ0n) is 14.6.